The van der Waals surface area contributed by atoms with Gasteiger partial charge in [0.05, 0.1) is 16.3 Å². The number of sulfonamides is 1. The Morgan fingerprint density at radius 2 is 1.71 bits per heavy atom. The van der Waals surface area contributed by atoms with Crippen LogP contribution in [0.15, 0.2) is 30.3 Å². The first kappa shape index (κ1) is 16.4. The molecule has 0 atom stereocenters. The normalized spacial score (nSPS) is 18.9. The largest absolute Gasteiger partial charge is 0.392 e. The van der Waals surface area contributed by atoms with Gasteiger partial charge in [-0.2, -0.15) is 0 Å². The number of thiocarbonyl (C=S) groups is 1. The van der Waals surface area contributed by atoms with Crippen LogP contribution < -0.4 is 10.5 Å². The van der Waals surface area contributed by atoms with Crippen LogP contribution in [0.3, 0.4) is 0 Å². The molecule has 1 aliphatic carbocycles. The SMILES string of the molecule is NC(=S)C1(NS(=O)(=O)Cc2ccccc2)CCCCCC1. The van der Waals surface area contributed by atoms with Crippen molar-refractivity contribution >= 4 is 27.2 Å². The maximum Gasteiger partial charge on any atom is 0.216 e. The van der Waals surface area contributed by atoms with Crippen molar-refractivity contribution in [2.24, 2.45) is 5.73 Å². The van der Waals surface area contributed by atoms with E-state index in [1.807, 2.05) is 18.2 Å². The van der Waals surface area contributed by atoms with Gasteiger partial charge < -0.3 is 5.73 Å². The summed E-state index contributed by atoms with van der Waals surface area (Å²) < 4.78 is 27.7. The van der Waals surface area contributed by atoms with Gasteiger partial charge in [0.15, 0.2) is 0 Å². The summed E-state index contributed by atoms with van der Waals surface area (Å²) in [6, 6.07) is 9.14. The summed E-state index contributed by atoms with van der Waals surface area (Å²) >= 11 is 5.17. The van der Waals surface area contributed by atoms with Gasteiger partial charge in [0, 0.05) is 0 Å². The van der Waals surface area contributed by atoms with Crippen LogP contribution in [0.5, 0.6) is 0 Å². The van der Waals surface area contributed by atoms with E-state index in [4.69, 9.17) is 18.0 Å². The van der Waals surface area contributed by atoms with Crippen molar-refractivity contribution in [3.05, 3.63) is 35.9 Å². The van der Waals surface area contributed by atoms with Gasteiger partial charge in [0.1, 0.15) is 0 Å². The molecule has 2 rings (SSSR count). The molecule has 0 heterocycles. The molecule has 0 spiro atoms. The van der Waals surface area contributed by atoms with Crippen LogP contribution in [0, 0.1) is 0 Å². The molecule has 0 saturated heterocycles. The summed E-state index contributed by atoms with van der Waals surface area (Å²) in [6.07, 6.45) is 5.48. The predicted molar refractivity (Wildman–Crippen MR) is 89.4 cm³/mol. The highest BCUT2D eigenvalue weighted by molar-refractivity contribution is 7.88. The molecular weight excluding hydrogens is 304 g/mol. The average Bonchev–Trinajstić information content (AvgIpc) is 2.65. The van der Waals surface area contributed by atoms with Crippen molar-refractivity contribution in [1.29, 1.82) is 0 Å². The van der Waals surface area contributed by atoms with Gasteiger partial charge in [-0.3, -0.25) is 0 Å². The van der Waals surface area contributed by atoms with Gasteiger partial charge in [-0.15, -0.1) is 0 Å². The minimum Gasteiger partial charge on any atom is -0.392 e. The van der Waals surface area contributed by atoms with Crippen LogP contribution in [0.25, 0.3) is 0 Å². The third-order valence-corrected chi connectivity index (χ3v) is 5.79. The van der Waals surface area contributed by atoms with E-state index in [-0.39, 0.29) is 10.7 Å². The molecule has 1 aliphatic rings. The van der Waals surface area contributed by atoms with Gasteiger partial charge in [0.2, 0.25) is 10.0 Å². The number of benzene rings is 1. The number of nitrogens with two attached hydrogens (primary N) is 1. The highest BCUT2D eigenvalue weighted by Gasteiger charge is 2.37. The first-order valence-corrected chi connectivity index (χ1v) is 9.35. The van der Waals surface area contributed by atoms with E-state index < -0.39 is 15.6 Å². The Labute approximate surface area is 132 Å². The zero-order valence-electron chi connectivity index (χ0n) is 12.0. The van der Waals surface area contributed by atoms with E-state index in [1.54, 1.807) is 12.1 Å². The van der Waals surface area contributed by atoms with Crippen molar-refractivity contribution < 1.29 is 8.42 Å². The molecule has 3 N–H and O–H groups in total. The molecule has 1 saturated carbocycles. The molecule has 0 aliphatic heterocycles. The lowest BCUT2D eigenvalue weighted by Gasteiger charge is -2.32. The lowest BCUT2D eigenvalue weighted by Crippen LogP contribution is -2.56. The standard InChI is InChI=1S/C15H22N2O2S2/c16-14(20)15(10-6-1-2-7-11-15)17-21(18,19)12-13-8-4-3-5-9-13/h3-5,8-9,17H,1-2,6-7,10-12H2,(H2,16,20). The van der Waals surface area contributed by atoms with E-state index >= 15 is 0 Å². The second kappa shape index (κ2) is 6.85. The Kier molecular flexibility index (Phi) is 5.35. The van der Waals surface area contributed by atoms with Gasteiger partial charge in [0.25, 0.3) is 0 Å². The van der Waals surface area contributed by atoms with Crippen LogP contribution in [-0.2, 0) is 15.8 Å². The summed E-state index contributed by atoms with van der Waals surface area (Å²) in [5.41, 5.74) is 5.89. The third kappa shape index (κ3) is 4.49. The van der Waals surface area contributed by atoms with Gasteiger partial charge in [-0.25, -0.2) is 13.1 Å². The first-order chi connectivity index (χ1) is 9.94. The molecule has 116 valence electrons. The molecule has 0 aromatic heterocycles. The van der Waals surface area contributed by atoms with Crippen molar-refractivity contribution in [2.45, 2.75) is 49.8 Å². The van der Waals surface area contributed by atoms with E-state index in [2.05, 4.69) is 4.72 Å². The molecule has 6 heteroatoms. The highest BCUT2D eigenvalue weighted by Crippen LogP contribution is 2.28. The van der Waals surface area contributed by atoms with Crippen molar-refractivity contribution in [2.75, 3.05) is 0 Å². The highest BCUT2D eigenvalue weighted by atomic mass is 32.2. The fraction of sp³-hybridized carbons (Fsp3) is 0.533. The predicted octanol–water partition coefficient (Wildman–Crippen LogP) is 2.49. The Balaban J connectivity index is 2.17. The lowest BCUT2D eigenvalue weighted by atomic mass is 9.91. The van der Waals surface area contributed by atoms with Crippen LogP contribution in [0.2, 0.25) is 0 Å². The minimum absolute atomic E-state index is 0.0434. The Morgan fingerprint density at radius 1 is 1.14 bits per heavy atom. The molecule has 0 bridgehead atoms. The van der Waals surface area contributed by atoms with E-state index in [1.165, 1.54) is 0 Å². The summed E-state index contributed by atoms with van der Waals surface area (Å²) in [7, 11) is -3.47. The fourth-order valence-electron chi connectivity index (χ4n) is 2.86. The van der Waals surface area contributed by atoms with Crippen molar-refractivity contribution in [1.82, 2.24) is 4.72 Å². The van der Waals surface area contributed by atoms with Crippen LogP contribution in [0.1, 0.15) is 44.1 Å². The first-order valence-electron chi connectivity index (χ1n) is 7.29. The molecule has 21 heavy (non-hydrogen) atoms. The summed E-state index contributed by atoms with van der Waals surface area (Å²) in [4.78, 5) is 0.265. The number of rotatable bonds is 5. The van der Waals surface area contributed by atoms with E-state index in [0.29, 0.717) is 12.8 Å². The van der Waals surface area contributed by atoms with Crippen molar-refractivity contribution in [3.63, 3.8) is 0 Å². The molecule has 0 radical (unpaired) electrons. The molecule has 1 aromatic rings. The van der Waals surface area contributed by atoms with E-state index in [0.717, 1.165) is 31.2 Å². The van der Waals surface area contributed by atoms with Crippen LogP contribution in [-0.4, -0.2) is 18.9 Å². The molecule has 4 nitrogen and oxygen atoms in total. The monoisotopic (exact) mass is 326 g/mol. The zero-order chi connectivity index (χ0) is 15.3. The molecular formula is C15H22N2O2S2. The van der Waals surface area contributed by atoms with Crippen LogP contribution >= 0.6 is 12.2 Å². The number of hydrogen-bond donors (Lipinski definition) is 2. The maximum atomic E-state index is 12.5. The Hall–Kier alpha value is -0.980. The fourth-order valence-corrected chi connectivity index (χ4v) is 4.79. The summed E-state index contributed by atoms with van der Waals surface area (Å²) in [6.45, 7) is 0. The van der Waals surface area contributed by atoms with Crippen LogP contribution in [0.4, 0.5) is 0 Å². The third-order valence-electron chi connectivity index (χ3n) is 3.98. The number of hydrogen-bond acceptors (Lipinski definition) is 3. The summed E-state index contributed by atoms with van der Waals surface area (Å²) in [5.74, 6) is -0.0434. The second-order valence-corrected chi connectivity index (χ2v) is 7.87. The second-order valence-electron chi connectivity index (χ2n) is 5.71. The van der Waals surface area contributed by atoms with Gasteiger partial charge in [-0.05, 0) is 18.4 Å². The molecule has 0 unspecified atom stereocenters. The number of nitrogens with one attached hydrogen (secondary N) is 1. The average molecular weight is 326 g/mol. The Bertz CT molecular complexity index is 577. The quantitative estimate of drug-likeness (QED) is 0.644. The molecule has 0 amide bonds. The van der Waals surface area contributed by atoms with Crippen molar-refractivity contribution in [3.8, 4) is 0 Å². The summed E-state index contributed by atoms with van der Waals surface area (Å²) in [5, 5.41) is 0. The minimum atomic E-state index is -3.47. The van der Waals surface area contributed by atoms with E-state index in [9.17, 15) is 8.42 Å². The topological polar surface area (TPSA) is 72.2 Å². The molecule has 1 aromatic carbocycles. The zero-order valence-corrected chi connectivity index (χ0v) is 13.7. The molecule has 1 fully saturated rings. The lowest BCUT2D eigenvalue weighted by molar-refractivity contribution is 0.440. The van der Waals surface area contributed by atoms with Gasteiger partial charge in [-0.1, -0.05) is 68.2 Å². The Morgan fingerprint density at radius 3 is 2.24 bits per heavy atom. The maximum absolute atomic E-state index is 12.5. The van der Waals surface area contributed by atoms with Gasteiger partial charge >= 0.3 is 0 Å². The smallest absolute Gasteiger partial charge is 0.216 e.